The van der Waals surface area contributed by atoms with Crippen molar-refractivity contribution in [3.05, 3.63) is 16.1 Å². The number of nitrogens with zero attached hydrogens (tertiary/aromatic N) is 2. The molecule has 0 atom stereocenters. The number of hydrogen-bond acceptors (Lipinski definition) is 4. The number of aromatic nitrogens is 1. The molecule has 1 aromatic rings. The van der Waals surface area contributed by atoms with Crippen molar-refractivity contribution in [2.24, 2.45) is 4.99 Å². The first-order valence-corrected chi connectivity index (χ1v) is 8.01. The second-order valence-corrected chi connectivity index (χ2v) is 5.84. The van der Waals surface area contributed by atoms with Crippen LogP contribution in [0.5, 0.6) is 0 Å². The zero-order chi connectivity index (χ0) is 14.6. The highest BCUT2D eigenvalue weighted by molar-refractivity contribution is 7.11. The Morgan fingerprint density at radius 3 is 2.80 bits per heavy atom. The predicted octanol–water partition coefficient (Wildman–Crippen LogP) is 2.32. The molecule has 1 heterocycles. The van der Waals surface area contributed by atoms with Crippen LogP contribution in [0.15, 0.2) is 11.2 Å². The summed E-state index contributed by atoms with van der Waals surface area (Å²) in [5.41, 5.74) is 0. The molecule has 5 nitrogen and oxygen atoms in total. The quantitative estimate of drug-likeness (QED) is 0.417. The highest BCUT2D eigenvalue weighted by atomic mass is 32.1. The lowest BCUT2D eigenvalue weighted by Crippen LogP contribution is -2.37. The number of rotatable bonds is 9. The zero-order valence-corrected chi connectivity index (χ0v) is 13.6. The molecule has 0 aliphatic heterocycles. The molecule has 1 aromatic heterocycles. The van der Waals surface area contributed by atoms with E-state index in [1.807, 2.05) is 13.1 Å². The van der Waals surface area contributed by atoms with Gasteiger partial charge in [-0.3, -0.25) is 4.99 Å². The maximum absolute atomic E-state index is 5.51. The topological polar surface area (TPSA) is 58.5 Å². The third-order valence-electron chi connectivity index (χ3n) is 2.72. The molecule has 0 aliphatic rings. The van der Waals surface area contributed by atoms with E-state index in [4.69, 9.17) is 4.74 Å². The monoisotopic (exact) mass is 298 g/mol. The van der Waals surface area contributed by atoms with Crippen LogP contribution in [0.25, 0.3) is 0 Å². The molecular weight excluding hydrogens is 272 g/mol. The highest BCUT2D eigenvalue weighted by Crippen LogP contribution is 2.10. The van der Waals surface area contributed by atoms with Gasteiger partial charge in [-0.15, -0.1) is 11.3 Å². The van der Waals surface area contributed by atoms with Gasteiger partial charge in [0.05, 0.1) is 11.6 Å². The van der Waals surface area contributed by atoms with Crippen LogP contribution in [0.2, 0.25) is 0 Å². The molecule has 0 bridgehead atoms. The molecule has 0 saturated heterocycles. The lowest BCUT2D eigenvalue weighted by Gasteiger charge is -2.11. The molecule has 0 saturated carbocycles. The normalized spacial score (nSPS) is 11.7. The van der Waals surface area contributed by atoms with E-state index in [0.29, 0.717) is 0 Å². The molecular formula is C14H26N4OS. The number of hydrogen-bond donors (Lipinski definition) is 2. The number of aliphatic imine (C=N–C) groups is 1. The number of guanidine groups is 1. The number of nitrogens with one attached hydrogen (secondary N) is 2. The minimum atomic E-state index is 0.762. The van der Waals surface area contributed by atoms with E-state index < -0.39 is 0 Å². The van der Waals surface area contributed by atoms with E-state index in [9.17, 15) is 0 Å². The van der Waals surface area contributed by atoms with Gasteiger partial charge >= 0.3 is 0 Å². The molecule has 0 unspecified atom stereocenters. The first-order chi connectivity index (χ1) is 9.76. The Morgan fingerprint density at radius 1 is 1.35 bits per heavy atom. The van der Waals surface area contributed by atoms with Crippen molar-refractivity contribution in [3.8, 4) is 0 Å². The van der Waals surface area contributed by atoms with Gasteiger partial charge in [0.1, 0.15) is 0 Å². The molecule has 0 radical (unpaired) electrons. The Bertz CT molecular complexity index is 392. The average molecular weight is 298 g/mol. The first kappa shape index (κ1) is 16.9. The molecule has 0 aliphatic carbocycles. The van der Waals surface area contributed by atoms with Gasteiger partial charge in [-0.2, -0.15) is 0 Å². The third kappa shape index (κ3) is 7.45. The maximum atomic E-state index is 5.51. The van der Waals surface area contributed by atoms with Crippen molar-refractivity contribution in [1.29, 1.82) is 0 Å². The van der Waals surface area contributed by atoms with Crippen molar-refractivity contribution in [2.45, 2.75) is 39.7 Å². The average Bonchev–Trinajstić information content (AvgIpc) is 2.87. The molecule has 0 fully saturated rings. The smallest absolute Gasteiger partial charge is 0.191 e. The standard InChI is InChI=1S/C14H26N4OS/c1-4-5-8-19-9-6-7-16-14(15-3)18-11-13-10-17-12(2)20-13/h10H,4-9,11H2,1-3H3,(H2,15,16,18). The lowest BCUT2D eigenvalue weighted by atomic mass is 10.4. The van der Waals surface area contributed by atoms with Gasteiger partial charge in [-0.1, -0.05) is 13.3 Å². The van der Waals surface area contributed by atoms with Crippen LogP contribution in [0, 0.1) is 6.92 Å². The van der Waals surface area contributed by atoms with Gasteiger partial charge in [0.25, 0.3) is 0 Å². The fourth-order valence-electron chi connectivity index (χ4n) is 1.61. The molecule has 1 rings (SSSR count). The van der Waals surface area contributed by atoms with Crippen molar-refractivity contribution in [3.63, 3.8) is 0 Å². The molecule has 2 N–H and O–H groups in total. The van der Waals surface area contributed by atoms with E-state index in [2.05, 4.69) is 27.5 Å². The van der Waals surface area contributed by atoms with E-state index in [-0.39, 0.29) is 0 Å². The summed E-state index contributed by atoms with van der Waals surface area (Å²) in [6.45, 7) is 7.49. The molecule has 20 heavy (non-hydrogen) atoms. The van der Waals surface area contributed by atoms with Crippen LogP contribution in [0.3, 0.4) is 0 Å². The van der Waals surface area contributed by atoms with Crippen molar-refractivity contribution in [1.82, 2.24) is 15.6 Å². The van der Waals surface area contributed by atoms with E-state index in [0.717, 1.165) is 50.1 Å². The van der Waals surface area contributed by atoms with E-state index in [1.165, 1.54) is 11.3 Å². The number of unbranched alkanes of at least 4 members (excludes halogenated alkanes) is 1. The fourth-order valence-corrected chi connectivity index (χ4v) is 2.34. The molecule has 114 valence electrons. The summed E-state index contributed by atoms with van der Waals surface area (Å²) < 4.78 is 5.51. The Balaban J connectivity index is 2.08. The Morgan fingerprint density at radius 2 is 2.15 bits per heavy atom. The van der Waals surface area contributed by atoms with Gasteiger partial charge < -0.3 is 15.4 Å². The van der Waals surface area contributed by atoms with Crippen LogP contribution in [-0.2, 0) is 11.3 Å². The van der Waals surface area contributed by atoms with Crippen LogP contribution in [0.1, 0.15) is 36.1 Å². The Labute approximate surface area is 125 Å². The van der Waals surface area contributed by atoms with Crippen molar-refractivity contribution >= 4 is 17.3 Å². The first-order valence-electron chi connectivity index (χ1n) is 7.19. The van der Waals surface area contributed by atoms with Gasteiger partial charge in [0.2, 0.25) is 0 Å². The maximum Gasteiger partial charge on any atom is 0.191 e. The van der Waals surface area contributed by atoms with Crippen LogP contribution >= 0.6 is 11.3 Å². The van der Waals surface area contributed by atoms with Crippen LogP contribution in [0.4, 0.5) is 0 Å². The summed E-state index contributed by atoms with van der Waals surface area (Å²) in [5.74, 6) is 0.824. The zero-order valence-electron chi connectivity index (χ0n) is 12.7. The summed E-state index contributed by atoms with van der Waals surface area (Å²) in [7, 11) is 1.78. The van der Waals surface area contributed by atoms with E-state index >= 15 is 0 Å². The Hall–Kier alpha value is -1.14. The number of aryl methyl sites for hydroxylation is 1. The number of ether oxygens (including phenoxy) is 1. The molecule has 0 aromatic carbocycles. The van der Waals surface area contributed by atoms with Crippen LogP contribution < -0.4 is 10.6 Å². The minimum absolute atomic E-state index is 0.762. The molecule has 0 amide bonds. The summed E-state index contributed by atoms with van der Waals surface area (Å²) in [6.07, 6.45) is 5.22. The number of thiazole rings is 1. The second kappa shape index (κ2) is 10.6. The molecule has 0 spiro atoms. The lowest BCUT2D eigenvalue weighted by molar-refractivity contribution is 0.129. The predicted molar refractivity (Wildman–Crippen MR) is 85.4 cm³/mol. The third-order valence-corrected chi connectivity index (χ3v) is 3.64. The van der Waals surface area contributed by atoms with Gasteiger partial charge in [0.15, 0.2) is 5.96 Å². The summed E-state index contributed by atoms with van der Waals surface area (Å²) in [4.78, 5) is 9.64. The highest BCUT2D eigenvalue weighted by Gasteiger charge is 2.00. The van der Waals surface area contributed by atoms with Crippen molar-refractivity contribution < 1.29 is 4.74 Å². The molecule has 6 heteroatoms. The Kier molecular flexibility index (Phi) is 8.98. The van der Waals surface area contributed by atoms with Gasteiger partial charge in [0, 0.05) is 37.9 Å². The SMILES string of the molecule is CCCCOCCCNC(=NC)NCc1cnc(C)s1. The summed E-state index contributed by atoms with van der Waals surface area (Å²) in [6, 6.07) is 0. The van der Waals surface area contributed by atoms with Crippen molar-refractivity contribution in [2.75, 3.05) is 26.8 Å². The summed E-state index contributed by atoms with van der Waals surface area (Å²) >= 11 is 1.70. The van der Waals surface area contributed by atoms with Crippen LogP contribution in [-0.4, -0.2) is 37.7 Å². The van der Waals surface area contributed by atoms with Gasteiger partial charge in [-0.25, -0.2) is 4.98 Å². The van der Waals surface area contributed by atoms with Gasteiger partial charge in [-0.05, 0) is 19.8 Å². The fraction of sp³-hybridized carbons (Fsp3) is 0.714. The summed E-state index contributed by atoms with van der Waals surface area (Å²) in [5, 5.41) is 7.65. The largest absolute Gasteiger partial charge is 0.381 e. The minimum Gasteiger partial charge on any atom is -0.381 e. The second-order valence-electron chi connectivity index (χ2n) is 4.52. The van der Waals surface area contributed by atoms with E-state index in [1.54, 1.807) is 18.4 Å².